The third-order valence-electron chi connectivity index (χ3n) is 8.44. The molecule has 4 heterocycles. The number of aromatic nitrogens is 3. The minimum atomic E-state index is 0.972. The van der Waals surface area contributed by atoms with Gasteiger partial charge in [0.2, 0.25) is 0 Å². The molecule has 0 saturated carbocycles. The highest BCUT2D eigenvalue weighted by atomic mass is 15.2. The van der Waals surface area contributed by atoms with E-state index in [9.17, 15) is 0 Å². The van der Waals surface area contributed by atoms with Crippen LogP contribution in [-0.4, -0.2) is 14.5 Å². The molecule has 0 fully saturated rings. The Morgan fingerprint density at radius 1 is 0.524 bits per heavy atom. The Morgan fingerprint density at radius 2 is 1.38 bits per heavy atom. The summed E-state index contributed by atoms with van der Waals surface area (Å²) in [6, 6.07) is 45.4. The van der Waals surface area contributed by atoms with Crippen LogP contribution in [0.1, 0.15) is 0 Å². The molecule has 0 atom stereocenters. The fourth-order valence-electron chi connectivity index (χ4n) is 6.69. The van der Waals surface area contributed by atoms with Crippen LogP contribution in [0, 0.1) is 0 Å². The maximum Gasteiger partial charge on any atom is 0.0701 e. The van der Waals surface area contributed by atoms with E-state index in [4.69, 9.17) is 0 Å². The van der Waals surface area contributed by atoms with E-state index >= 15 is 0 Å². The van der Waals surface area contributed by atoms with Crippen LogP contribution in [0.4, 0.5) is 17.1 Å². The summed E-state index contributed by atoms with van der Waals surface area (Å²) in [5.41, 5.74) is 11.4. The molecule has 0 bridgehead atoms. The number of hydrogen-bond donors (Lipinski definition) is 0. The van der Waals surface area contributed by atoms with E-state index in [0.29, 0.717) is 0 Å². The van der Waals surface area contributed by atoms with Gasteiger partial charge in [0.1, 0.15) is 0 Å². The lowest BCUT2D eigenvalue weighted by molar-refractivity contribution is 1.18. The summed E-state index contributed by atoms with van der Waals surface area (Å²) in [7, 11) is 0. The summed E-state index contributed by atoms with van der Waals surface area (Å²) in [5, 5.41) is 4.95. The second-order valence-corrected chi connectivity index (χ2v) is 10.7. The summed E-state index contributed by atoms with van der Waals surface area (Å²) in [5.74, 6) is 0. The molecule has 1 aliphatic heterocycles. The Kier molecular flexibility index (Phi) is 4.87. The van der Waals surface area contributed by atoms with E-state index in [1.54, 1.807) is 0 Å². The third-order valence-corrected chi connectivity index (χ3v) is 8.44. The zero-order valence-corrected chi connectivity index (χ0v) is 22.6. The Morgan fingerprint density at radius 3 is 2.21 bits per heavy atom. The minimum absolute atomic E-state index is 0.972. The highest BCUT2D eigenvalue weighted by Gasteiger charge is 2.30. The highest BCUT2D eigenvalue weighted by Crippen LogP contribution is 2.54. The lowest BCUT2D eigenvalue weighted by Gasteiger charge is -2.34. The van der Waals surface area contributed by atoms with Crippen molar-refractivity contribution in [3.8, 4) is 28.1 Å². The van der Waals surface area contributed by atoms with E-state index in [1.165, 1.54) is 55.1 Å². The molecule has 9 rings (SSSR count). The molecule has 0 unspecified atom stereocenters. The van der Waals surface area contributed by atoms with Gasteiger partial charge in [-0.15, -0.1) is 0 Å². The molecule has 42 heavy (non-hydrogen) atoms. The highest BCUT2D eigenvalue weighted by molar-refractivity contribution is 6.24. The SMILES string of the molecule is c1ccc(-c2ccc(-n3c4ccccc4c4c5c(ccc43)-c3cccc4cccc(c34)N5c3cccnc3)cc2)nc1. The van der Waals surface area contributed by atoms with Crippen molar-refractivity contribution in [2.24, 2.45) is 0 Å². The number of rotatable bonds is 3. The maximum absolute atomic E-state index is 4.54. The first kappa shape index (κ1) is 23.0. The molecule has 0 spiro atoms. The molecule has 0 aliphatic carbocycles. The van der Waals surface area contributed by atoms with Crippen molar-refractivity contribution in [3.63, 3.8) is 0 Å². The van der Waals surface area contributed by atoms with Crippen molar-refractivity contribution in [1.82, 2.24) is 14.5 Å². The van der Waals surface area contributed by atoms with E-state index in [2.05, 4.69) is 123 Å². The van der Waals surface area contributed by atoms with Crippen LogP contribution >= 0.6 is 0 Å². The molecule has 0 saturated heterocycles. The fourth-order valence-corrected chi connectivity index (χ4v) is 6.69. The van der Waals surface area contributed by atoms with Crippen LogP contribution in [0.5, 0.6) is 0 Å². The van der Waals surface area contributed by atoms with Crippen LogP contribution in [0.2, 0.25) is 0 Å². The number of para-hydroxylation sites is 1. The Bertz CT molecular complexity index is 2280. The Hall–Kier alpha value is -5.74. The summed E-state index contributed by atoms with van der Waals surface area (Å²) in [6.45, 7) is 0. The first-order valence-corrected chi connectivity index (χ1v) is 14.2. The Labute approximate surface area is 242 Å². The Balaban J connectivity index is 1.37. The molecule has 0 amide bonds. The molecular weight excluding hydrogens is 512 g/mol. The van der Waals surface area contributed by atoms with E-state index in [1.807, 2.05) is 42.9 Å². The maximum atomic E-state index is 4.54. The molecule has 0 N–H and O–H groups in total. The predicted molar refractivity (Wildman–Crippen MR) is 173 cm³/mol. The van der Waals surface area contributed by atoms with Crippen molar-refractivity contribution in [2.45, 2.75) is 0 Å². The summed E-state index contributed by atoms with van der Waals surface area (Å²) in [6.07, 6.45) is 5.64. The van der Waals surface area contributed by atoms with Gasteiger partial charge in [-0.1, -0.05) is 72.8 Å². The number of nitrogens with zero attached hydrogens (tertiary/aromatic N) is 4. The molecule has 8 aromatic rings. The zero-order valence-electron chi connectivity index (χ0n) is 22.6. The van der Waals surface area contributed by atoms with Crippen LogP contribution in [0.15, 0.2) is 146 Å². The number of hydrogen-bond acceptors (Lipinski definition) is 3. The second kappa shape index (κ2) is 8.88. The molecular formula is C38H24N4. The molecule has 4 nitrogen and oxygen atoms in total. The molecule has 0 radical (unpaired) electrons. The van der Waals surface area contributed by atoms with Gasteiger partial charge >= 0.3 is 0 Å². The van der Waals surface area contributed by atoms with Gasteiger partial charge in [0.25, 0.3) is 0 Å². The van der Waals surface area contributed by atoms with Gasteiger partial charge in [0, 0.05) is 45.4 Å². The number of anilines is 3. The van der Waals surface area contributed by atoms with Gasteiger partial charge in [-0.3, -0.25) is 9.97 Å². The average molecular weight is 537 g/mol. The molecule has 5 aromatic carbocycles. The van der Waals surface area contributed by atoms with Crippen LogP contribution in [0.25, 0.3) is 60.6 Å². The fraction of sp³-hybridized carbons (Fsp3) is 0. The topological polar surface area (TPSA) is 34.0 Å². The summed E-state index contributed by atoms with van der Waals surface area (Å²) >= 11 is 0. The van der Waals surface area contributed by atoms with Gasteiger partial charge in [0.05, 0.1) is 40.0 Å². The number of benzene rings is 5. The monoisotopic (exact) mass is 536 g/mol. The minimum Gasteiger partial charge on any atom is -0.309 e. The van der Waals surface area contributed by atoms with Crippen molar-refractivity contribution >= 4 is 49.6 Å². The van der Waals surface area contributed by atoms with Crippen molar-refractivity contribution in [3.05, 3.63) is 146 Å². The molecule has 4 heteroatoms. The lowest BCUT2D eigenvalue weighted by atomic mass is 9.89. The first-order chi connectivity index (χ1) is 20.9. The normalized spacial score (nSPS) is 12.2. The van der Waals surface area contributed by atoms with Gasteiger partial charge in [0.15, 0.2) is 0 Å². The predicted octanol–water partition coefficient (Wildman–Crippen LogP) is 9.84. The van der Waals surface area contributed by atoms with Gasteiger partial charge in [-0.05, 0) is 65.5 Å². The van der Waals surface area contributed by atoms with Crippen LogP contribution in [0.3, 0.4) is 0 Å². The van der Waals surface area contributed by atoms with Crippen LogP contribution < -0.4 is 4.90 Å². The standard InChI is InChI=1S/C38H24N4/c1-2-14-33-31(11-1)37-35(41(33)27-18-16-25(17-19-27)32-13-3-4-23-40-32)21-20-30-29-12-5-8-26-9-6-15-34(36(26)29)42(38(30)37)28-10-7-22-39-24-28/h1-24H. The zero-order chi connectivity index (χ0) is 27.6. The molecule has 3 aromatic heterocycles. The lowest BCUT2D eigenvalue weighted by Crippen LogP contribution is -2.15. The summed E-state index contributed by atoms with van der Waals surface area (Å²) < 4.78 is 2.38. The van der Waals surface area contributed by atoms with Crippen LogP contribution in [-0.2, 0) is 0 Å². The van der Waals surface area contributed by atoms with Gasteiger partial charge in [-0.25, -0.2) is 0 Å². The van der Waals surface area contributed by atoms with Crippen molar-refractivity contribution in [1.29, 1.82) is 0 Å². The third kappa shape index (κ3) is 3.23. The number of pyridine rings is 2. The van der Waals surface area contributed by atoms with E-state index in [0.717, 1.165) is 22.6 Å². The first-order valence-electron chi connectivity index (χ1n) is 14.2. The van der Waals surface area contributed by atoms with Gasteiger partial charge < -0.3 is 9.47 Å². The largest absolute Gasteiger partial charge is 0.309 e. The van der Waals surface area contributed by atoms with Gasteiger partial charge in [-0.2, -0.15) is 0 Å². The second-order valence-electron chi connectivity index (χ2n) is 10.7. The average Bonchev–Trinajstić information content (AvgIpc) is 3.41. The molecule has 196 valence electrons. The number of fused-ring (bicyclic) bond motifs is 6. The van der Waals surface area contributed by atoms with Crippen molar-refractivity contribution < 1.29 is 0 Å². The smallest absolute Gasteiger partial charge is 0.0701 e. The van der Waals surface area contributed by atoms with Crippen molar-refractivity contribution in [2.75, 3.05) is 4.90 Å². The molecule has 1 aliphatic rings. The quantitative estimate of drug-likeness (QED) is 0.225. The summed E-state index contributed by atoms with van der Waals surface area (Å²) in [4.78, 5) is 11.5. The van der Waals surface area contributed by atoms with E-state index in [-0.39, 0.29) is 0 Å². The van der Waals surface area contributed by atoms with E-state index < -0.39 is 0 Å².